The highest BCUT2D eigenvalue weighted by Gasteiger charge is 2.38. The van der Waals surface area contributed by atoms with Crippen LogP contribution in [0.25, 0.3) is 11.1 Å². The molecule has 6 nitrogen and oxygen atoms in total. The van der Waals surface area contributed by atoms with Crippen molar-refractivity contribution in [2.45, 2.75) is 78.2 Å². The SMILES string of the molecule is Cc1cccc(C(=O)NCC2=CCC(C)(C(=O)N[C@H](C(=O)N3CCCC3)c3ccccc3)CC2)c1-c1ccc(C(C)(C)C)cc1. The number of allylic oxidation sites excluding steroid dienone is 1. The van der Waals surface area contributed by atoms with Gasteiger partial charge in [0, 0.05) is 25.2 Å². The van der Waals surface area contributed by atoms with Gasteiger partial charge in [-0.05, 0) is 78.3 Å². The smallest absolute Gasteiger partial charge is 0.252 e. The number of rotatable bonds is 8. The highest BCUT2D eigenvalue weighted by molar-refractivity contribution is 6.01. The molecule has 1 fully saturated rings. The number of carbonyl (C=O) groups excluding carboxylic acids is 3. The molecule has 1 heterocycles. The van der Waals surface area contributed by atoms with Crippen molar-refractivity contribution in [3.63, 3.8) is 0 Å². The van der Waals surface area contributed by atoms with Crippen molar-refractivity contribution in [2.75, 3.05) is 19.6 Å². The molecule has 1 unspecified atom stereocenters. The van der Waals surface area contributed by atoms with Crippen LogP contribution in [-0.4, -0.2) is 42.3 Å². The number of hydrogen-bond donors (Lipinski definition) is 2. The maximum absolute atomic E-state index is 13.7. The minimum Gasteiger partial charge on any atom is -0.348 e. The highest BCUT2D eigenvalue weighted by atomic mass is 16.2. The lowest BCUT2D eigenvalue weighted by Crippen LogP contribution is -2.47. The summed E-state index contributed by atoms with van der Waals surface area (Å²) in [6, 6.07) is 23.2. The average molecular weight is 606 g/mol. The second-order valence-electron chi connectivity index (χ2n) is 14.0. The third kappa shape index (κ3) is 7.38. The van der Waals surface area contributed by atoms with Crippen LogP contribution in [0, 0.1) is 12.3 Å². The summed E-state index contributed by atoms with van der Waals surface area (Å²) in [4.78, 5) is 42.5. The molecule has 236 valence electrons. The Kier molecular flexibility index (Phi) is 9.62. The zero-order valence-electron chi connectivity index (χ0n) is 27.4. The molecule has 0 bridgehead atoms. The molecule has 1 aliphatic carbocycles. The van der Waals surface area contributed by atoms with Gasteiger partial charge in [-0.1, -0.05) is 106 Å². The molecule has 3 amide bonds. The van der Waals surface area contributed by atoms with Gasteiger partial charge in [0.05, 0.1) is 5.41 Å². The molecule has 2 N–H and O–H groups in total. The molecule has 0 saturated carbocycles. The molecule has 1 aliphatic heterocycles. The molecule has 0 radical (unpaired) electrons. The number of carbonyl (C=O) groups is 3. The number of amides is 3. The number of nitrogens with zero attached hydrogens (tertiary/aromatic N) is 1. The van der Waals surface area contributed by atoms with Gasteiger partial charge >= 0.3 is 0 Å². The van der Waals surface area contributed by atoms with E-state index in [-0.39, 0.29) is 23.1 Å². The van der Waals surface area contributed by atoms with E-state index in [4.69, 9.17) is 0 Å². The van der Waals surface area contributed by atoms with E-state index in [0.29, 0.717) is 31.4 Å². The Hall–Kier alpha value is -4.19. The highest BCUT2D eigenvalue weighted by Crippen LogP contribution is 2.36. The Bertz CT molecular complexity index is 1560. The number of likely N-dealkylation sites (tertiary alicyclic amines) is 1. The molecular weight excluding hydrogens is 558 g/mol. The number of aryl methyl sites for hydroxylation is 1. The van der Waals surface area contributed by atoms with E-state index in [1.807, 2.05) is 67.3 Å². The largest absolute Gasteiger partial charge is 0.348 e. The van der Waals surface area contributed by atoms with Crippen molar-refractivity contribution in [1.82, 2.24) is 15.5 Å². The summed E-state index contributed by atoms with van der Waals surface area (Å²) in [5.74, 6) is -0.247. The molecule has 1 saturated heterocycles. The van der Waals surface area contributed by atoms with Gasteiger partial charge in [-0.2, -0.15) is 0 Å². The molecule has 5 rings (SSSR count). The van der Waals surface area contributed by atoms with Crippen LogP contribution in [0.1, 0.15) is 92.9 Å². The first kappa shape index (κ1) is 32.2. The van der Waals surface area contributed by atoms with Crippen LogP contribution < -0.4 is 10.6 Å². The van der Waals surface area contributed by atoms with Crippen molar-refractivity contribution >= 4 is 17.7 Å². The molecule has 3 aromatic rings. The van der Waals surface area contributed by atoms with Crippen molar-refractivity contribution in [2.24, 2.45) is 5.41 Å². The van der Waals surface area contributed by atoms with Crippen molar-refractivity contribution in [3.8, 4) is 11.1 Å². The lowest BCUT2D eigenvalue weighted by molar-refractivity contribution is -0.139. The summed E-state index contributed by atoms with van der Waals surface area (Å²) in [5, 5.41) is 6.26. The molecule has 3 aromatic carbocycles. The first-order chi connectivity index (χ1) is 21.5. The van der Waals surface area contributed by atoms with Gasteiger partial charge in [-0.25, -0.2) is 0 Å². The van der Waals surface area contributed by atoms with Crippen LogP contribution in [-0.2, 0) is 15.0 Å². The van der Waals surface area contributed by atoms with E-state index in [1.165, 1.54) is 5.56 Å². The molecule has 6 heteroatoms. The predicted octanol–water partition coefficient (Wildman–Crippen LogP) is 7.29. The first-order valence-corrected chi connectivity index (χ1v) is 16.3. The standard InChI is InChI=1S/C39H47N3O3/c1-27-12-11-15-32(33(27)29-16-18-31(19-17-29)38(2,3)4)35(43)40-26-28-20-22-39(5,23-21-28)37(45)41-34(30-13-7-6-8-14-30)36(44)42-24-9-10-25-42/h6-8,11-20,34H,9-10,21-26H2,1-5H3,(H,40,43)(H,41,45)/t34-,39?/m0/s1. The second-order valence-corrected chi connectivity index (χ2v) is 14.0. The van der Waals surface area contributed by atoms with E-state index >= 15 is 0 Å². The maximum Gasteiger partial charge on any atom is 0.252 e. The number of nitrogens with one attached hydrogen (secondary N) is 2. The number of hydrogen-bond acceptors (Lipinski definition) is 3. The Morgan fingerprint density at radius 3 is 2.22 bits per heavy atom. The molecule has 2 aliphatic rings. The van der Waals surface area contributed by atoms with Crippen LogP contribution in [0.4, 0.5) is 0 Å². The minimum atomic E-state index is -0.688. The molecule has 2 atom stereocenters. The fourth-order valence-electron chi connectivity index (χ4n) is 6.40. The van der Waals surface area contributed by atoms with Gasteiger partial charge in [0.25, 0.3) is 5.91 Å². The Labute approximate surface area is 268 Å². The first-order valence-electron chi connectivity index (χ1n) is 16.3. The summed E-state index contributed by atoms with van der Waals surface area (Å²) in [6.07, 6.45) is 5.99. The number of benzene rings is 3. The topological polar surface area (TPSA) is 78.5 Å². The van der Waals surface area contributed by atoms with Gasteiger partial charge in [0.1, 0.15) is 6.04 Å². The van der Waals surface area contributed by atoms with E-state index in [0.717, 1.165) is 53.8 Å². The van der Waals surface area contributed by atoms with Crippen LogP contribution in [0.5, 0.6) is 0 Å². The summed E-state index contributed by atoms with van der Waals surface area (Å²) >= 11 is 0. The summed E-state index contributed by atoms with van der Waals surface area (Å²) in [6.45, 7) is 12.5. The van der Waals surface area contributed by atoms with Gasteiger partial charge < -0.3 is 15.5 Å². The lowest BCUT2D eigenvalue weighted by atomic mass is 9.75. The van der Waals surface area contributed by atoms with E-state index in [1.54, 1.807) is 0 Å². The summed E-state index contributed by atoms with van der Waals surface area (Å²) < 4.78 is 0. The van der Waals surface area contributed by atoms with Crippen molar-refractivity contribution < 1.29 is 14.4 Å². The predicted molar refractivity (Wildman–Crippen MR) is 181 cm³/mol. The average Bonchev–Trinajstić information content (AvgIpc) is 3.58. The Morgan fingerprint density at radius 1 is 0.911 bits per heavy atom. The van der Waals surface area contributed by atoms with Gasteiger partial charge in [0.2, 0.25) is 11.8 Å². The minimum absolute atomic E-state index is 0.0360. The summed E-state index contributed by atoms with van der Waals surface area (Å²) in [7, 11) is 0. The van der Waals surface area contributed by atoms with Crippen molar-refractivity contribution in [3.05, 3.63) is 107 Å². The normalized spacial score (nSPS) is 19.0. The fourth-order valence-corrected chi connectivity index (χ4v) is 6.40. The van der Waals surface area contributed by atoms with Gasteiger partial charge in [-0.15, -0.1) is 0 Å². The molecule has 0 aromatic heterocycles. The van der Waals surface area contributed by atoms with Crippen LogP contribution in [0.2, 0.25) is 0 Å². The molecular formula is C39H47N3O3. The quantitative estimate of drug-likeness (QED) is 0.265. The summed E-state index contributed by atoms with van der Waals surface area (Å²) in [5.41, 5.74) is 6.31. The third-order valence-corrected chi connectivity index (χ3v) is 9.49. The van der Waals surface area contributed by atoms with Crippen LogP contribution in [0.3, 0.4) is 0 Å². The molecule has 45 heavy (non-hydrogen) atoms. The monoisotopic (exact) mass is 605 g/mol. The third-order valence-electron chi connectivity index (χ3n) is 9.49. The zero-order valence-corrected chi connectivity index (χ0v) is 27.4. The Balaban J connectivity index is 1.24. The second kappa shape index (κ2) is 13.4. The van der Waals surface area contributed by atoms with E-state index in [9.17, 15) is 14.4 Å². The fraction of sp³-hybridized carbons (Fsp3) is 0.410. The van der Waals surface area contributed by atoms with E-state index < -0.39 is 11.5 Å². The van der Waals surface area contributed by atoms with Crippen molar-refractivity contribution in [1.29, 1.82) is 0 Å². The zero-order chi connectivity index (χ0) is 32.2. The molecule has 0 spiro atoms. The van der Waals surface area contributed by atoms with Gasteiger partial charge in [-0.3, -0.25) is 14.4 Å². The lowest BCUT2D eigenvalue weighted by Gasteiger charge is -2.34. The van der Waals surface area contributed by atoms with Gasteiger partial charge in [0.15, 0.2) is 0 Å². The van der Waals surface area contributed by atoms with Crippen LogP contribution in [0.15, 0.2) is 84.4 Å². The Morgan fingerprint density at radius 2 is 1.60 bits per heavy atom. The maximum atomic E-state index is 13.7. The van der Waals surface area contributed by atoms with E-state index in [2.05, 4.69) is 61.7 Å². The van der Waals surface area contributed by atoms with Crippen LogP contribution >= 0.6 is 0 Å².